The number of carbonyl (C=O) groups is 1. The number of hydrogen-bond acceptors (Lipinski definition) is 4. The van der Waals surface area contributed by atoms with Crippen LogP contribution < -0.4 is 14.8 Å². The van der Waals surface area contributed by atoms with E-state index in [2.05, 4.69) is 5.32 Å². The van der Waals surface area contributed by atoms with Crippen LogP contribution >= 0.6 is 0 Å². The first-order valence-electron chi connectivity index (χ1n) is 5.50. The number of ketones is 1. The van der Waals surface area contributed by atoms with Gasteiger partial charge in [-0.05, 0) is 19.2 Å². The Bertz CT molecular complexity index is 434. The second-order valence-electron chi connectivity index (χ2n) is 3.76. The molecule has 4 nitrogen and oxygen atoms in total. The molecular weight excluding hydrogens is 225 g/mol. The highest BCUT2D eigenvalue weighted by molar-refractivity contribution is 5.98. The zero-order valence-corrected chi connectivity index (χ0v) is 9.59. The minimum atomic E-state index is -0.635. The van der Waals surface area contributed by atoms with Crippen molar-refractivity contribution in [2.24, 2.45) is 0 Å². The molecule has 1 N–H and O–H groups in total. The van der Waals surface area contributed by atoms with Crippen molar-refractivity contribution in [3.8, 4) is 11.5 Å². The first kappa shape index (κ1) is 11.9. The van der Waals surface area contributed by atoms with Gasteiger partial charge in [0.25, 0.3) is 0 Å². The molecule has 1 aliphatic rings. The number of fused-ring (bicyclic) bond motifs is 1. The third-order valence-corrected chi connectivity index (χ3v) is 2.49. The number of nitrogens with one attached hydrogen (secondary N) is 1. The van der Waals surface area contributed by atoms with Crippen LogP contribution in [0.15, 0.2) is 12.1 Å². The molecule has 1 aromatic rings. The van der Waals surface area contributed by atoms with Gasteiger partial charge in [-0.2, -0.15) is 0 Å². The number of ether oxygens (including phenoxy) is 2. The summed E-state index contributed by atoms with van der Waals surface area (Å²) in [6.07, 6.45) is 0.702. The van der Waals surface area contributed by atoms with E-state index < -0.39 is 5.82 Å². The molecular formula is C12H14FNO3. The fourth-order valence-corrected chi connectivity index (χ4v) is 1.67. The molecule has 0 fully saturated rings. The standard InChI is InChI=1S/C12H14FNO3/c1-14-7-9(15)8-3-4-10-12(11(8)13)17-6-2-5-16-10/h3-4,14H,2,5-7H2,1H3. The lowest BCUT2D eigenvalue weighted by Gasteiger charge is -2.10. The first-order valence-corrected chi connectivity index (χ1v) is 5.50. The average molecular weight is 239 g/mol. The molecule has 17 heavy (non-hydrogen) atoms. The summed E-state index contributed by atoms with van der Waals surface area (Å²) in [4.78, 5) is 11.6. The van der Waals surface area contributed by atoms with Gasteiger partial charge in [0.1, 0.15) is 0 Å². The summed E-state index contributed by atoms with van der Waals surface area (Å²) >= 11 is 0. The predicted molar refractivity (Wildman–Crippen MR) is 60.3 cm³/mol. The second kappa shape index (κ2) is 5.14. The number of rotatable bonds is 3. The predicted octanol–water partition coefficient (Wildman–Crippen LogP) is 1.39. The highest BCUT2D eigenvalue weighted by Crippen LogP contribution is 2.34. The Balaban J connectivity index is 2.37. The molecule has 1 aromatic carbocycles. The third kappa shape index (κ3) is 2.39. The van der Waals surface area contributed by atoms with Gasteiger partial charge in [-0.25, -0.2) is 4.39 Å². The minimum Gasteiger partial charge on any atom is -0.489 e. The Hall–Kier alpha value is -1.62. The monoisotopic (exact) mass is 239 g/mol. The van der Waals surface area contributed by atoms with E-state index in [1.165, 1.54) is 6.07 Å². The van der Waals surface area contributed by atoms with E-state index in [4.69, 9.17) is 9.47 Å². The molecule has 0 aliphatic carbocycles. The summed E-state index contributed by atoms with van der Waals surface area (Å²) in [6, 6.07) is 3.01. The van der Waals surface area contributed by atoms with Crippen molar-refractivity contribution >= 4 is 5.78 Å². The number of benzene rings is 1. The van der Waals surface area contributed by atoms with Gasteiger partial charge in [0.15, 0.2) is 23.1 Å². The third-order valence-electron chi connectivity index (χ3n) is 2.49. The van der Waals surface area contributed by atoms with Crippen LogP contribution in [0.1, 0.15) is 16.8 Å². The molecule has 0 unspecified atom stereocenters. The zero-order chi connectivity index (χ0) is 12.3. The quantitative estimate of drug-likeness (QED) is 0.810. The molecule has 0 atom stereocenters. The van der Waals surface area contributed by atoms with Gasteiger partial charge in [0.2, 0.25) is 0 Å². The molecule has 0 saturated carbocycles. The molecule has 0 radical (unpaired) electrons. The van der Waals surface area contributed by atoms with Gasteiger partial charge >= 0.3 is 0 Å². The van der Waals surface area contributed by atoms with Crippen LogP contribution in [0.3, 0.4) is 0 Å². The van der Waals surface area contributed by atoms with Crippen LogP contribution in [0.2, 0.25) is 0 Å². The minimum absolute atomic E-state index is 0.0311. The molecule has 5 heteroatoms. The molecule has 92 valence electrons. The van der Waals surface area contributed by atoms with Crippen molar-refractivity contribution in [1.82, 2.24) is 5.32 Å². The number of carbonyl (C=O) groups excluding carboxylic acids is 1. The number of Topliss-reactive ketones (excluding diaryl/α,β-unsaturated/α-hetero) is 1. The highest BCUT2D eigenvalue weighted by Gasteiger charge is 2.21. The molecule has 0 bridgehead atoms. The molecule has 1 aliphatic heterocycles. The normalized spacial score (nSPS) is 14.2. The lowest BCUT2D eigenvalue weighted by molar-refractivity contribution is 0.0988. The lowest BCUT2D eigenvalue weighted by atomic mass is 10.1. The summed E-state index contributed by atoms with van der Waals surface area (Å²) in [5.41, 5.74) is 0.0311. The molecule has 0 amide bonds. The maximum absolute atomic E-state index is 14.1. The average Bonchev–Trinajstić information content (AvgIpc) is 2.55. The van der Waals surface area contributed by atoms with E-state index in [1.54, 1.807) is 13.1 Å². The Labute approximate surface area is 98.7 Å². The van der Waals surface area contributed by atoms with Gasteiger partial charge in [-0.1, -0.05) is 0 Å². The Kier molecular flexibility index (Phi) is 3.58. The summed E-state index contributed by atoms with van der Waals surface area (Å²) in [7, 11) is 1.64. The first-order chi connectivity index (χ1) is 8.24. The van der Waals surface area contributed by atoms with Crippen molar-refractivity contribution in [2.45, 2.75) is 6.42 Å². The van der Waals surface area contributed by atoms with E-state index in [0.717, 1.165) is 0 Å². The van der Waals surface area contributed by atoms with E-state index in [0.29, 0.717) is 25.4 Å². The van der Waals surface area contributed by atoms with E-state index in [-0.39, 0.29) is 23.6 Å². The van der Waals surface area contributed by atoms with Crippen molar-refractivity contribution in [3.05, 3.63) is 23.5 Å². The highest BCUT2D eigenvalue weighted by atomic mass is 19.1. The smallest absolute Gasteiger partial charge is 0.197 e. The van der Waals surface area contributed by atoms with Gasteiger partial charge in [-0.15, -0.1) is 0 Å². The van der Waals surface area contributed by atoms with Crippen molar-refractivity contribution in [2.75, 3.05) is 26.8 Å². The molecule has 1 heterocycles. The summed E-state index contributed by atoms with van der Waals surface area (Å²) in [5, 5.41) is 2.70. The fourth-order valence-electron chi connectivity index (χ4n) is 1.67. The van der Waals surface area contributed by atoms with Gasteiger partial charge in [0.05, 0.1) is 25.3 Å². The summed E-state index contributed by atoms with van der Waals surface area (Å²) in [5.74, 6) is -0.532. The molecule has 0 spiro atoms. The Morgan fingerprint density at radius 2 is 2.18 bits per heavy atom. The van der Waals surface area contributed by atoms with Crippen LogP contribution in [0, 0.1) is 5.82 Å². The maximum atomic E-state index is 14.1. The molecule has 0 aromatic heterocycles. The van der Waals surface area contributed by atoms with Crippen LogP contribution in [-0.4, -0.2) is 32.6 Å². The topological polar surface area (TPSA) is 47.6 Å². The molecule has 0 saturated heterocycles. The lowest BCUT2D eigenvalue weighted by Crippen LogP contribution is -2.19. The SMILES string of the molecule is CNCC(=O)c1ccc2c(c1F)OCCCO2. The van der Waals surface area contributed by atoms with Gasteiger partial charge in [-0.3, -0.25) is 4.79 Å². The van der Waals surface area contributed by atoms with Crippen LogP contribution in [0.25, 0.3) is 0 Å². The van der Waals surface area contributed by atoms with E-state index in [9.17, 15) is 9.18 Å². The van der Waals surface area contributed by atoms with Crippen molar-refractivity contribution in [1.29, 1.82) is 0 Å². The van der Waals surface area contributed by atoms with Crippen LogP contribution in [0.5, 0.6) is 11.5 Å². The zero-order valence-electron chi connectivity index (χ0n) is 9.59. The summed E-state index contributed by atoms with van der Waals surface area (Å²) in [6.45, 7) is 0.987. The largest absolute Gasteiger partial charge is 0.489 e. The van der Waals surface area contributed by atoms with E-state index >= 15 is 0 Å². The Morgan fingerprint density at radius 1 is 1.41 bits per heavy atom. The van der Waals surface area contributed by atoms with Crippen molar-refractivity contribution in [3.63, 3.8) is 0 Å². The number of likely N-dealkylation sites (N-methyl/N-ethyl adjacent to an activating group) is 1. The molecule has 2 rings (SSSR count). The Morgan fingerprint density at radius 3 is 2.94 bits per heavy atom. The number of hydrogen-bond donors (Lipinski definition) is 1. The van der Waals surface area contributed by atoms with Crippen LogP contribution in [-0.2, 0) is 0 Å². The maximum Gasteiger partial charge on any atom is 0.197 e. The van der Waals surface area contributed by atoms with Gasteiger partial charge in [0, 0.05) is 6.42 Å². The summed E-state index contributed by atoms with van der Waals surface area (Å²) < 4.78 is 24.7. The van der Waals surface area contributed by atoms with Gasteiger partial charge < -0.3 is 14.8 Å². The second-order valence-corrected chi connectivity index (χ2v) is 3.76. The van der Waals surface area contributed by atoms with Crippen molar-refractivity contribution < 1.29 is 18.7 Å². The number of halogens is 1. The van der Waals surface area contributed by atoms with E-state index in [1.807, 2.05) is 0 Å². The fraction of sp³-hybridized carbons (Fsp3) is 0.417. The van der Waals surface area contributed by atoms with Crippen LogP contribution in [0.4, 0.5) is 4.39 Å².